The molecule has 0 aromatic heterocycles. The first-order valence-corrected chi connectivity index (χ1v) is 12.2. The van der Waals surface area contributed by atoms with Crippen LogP contribution in [0.4, 0.5) is 0 Å². The molecule has 2 aromatic carbocycles. The fraction of sp³-hybridized carbons (Fsp3) is 0.350. The molecule has 1 aliphatic heterocycles. The fourth-order valence-corrected chi connectivity index (χ4v) is 5.27. The topological polar surface area (TPSA) is 74.8 Å². The Morgan fingerprint density at radius 3 is 2.29 bits per heavy atom. The summed E-state index contributed by atoms with van der Waals surface area (Å²) in [5.74, 6) is 0.278. The van der Waals surface area contributed by atoms with Crippen LogP contribution < -0.4 is 0 Å². The Morgan fingerprint density at radius 1 is 1.04 bits per heavy atom. The Morgan fingerprint density at radius 2 is 1.68 bits per heavy atom. The first-order chi connectivity index (χ1) is 13.3. The first kappa shape index (κ1) is 20.7. The van der Waals surface area contributed by atoms with Gasteiger partial charge in [0.1, 0.15) is 0 Å². The monoisotopic (exact) mass is 420 g/mol. The summed E-state index contributed by atoms with van der Waals surface area (Å²) in [7, 11) is -4.53. The molecule has 0 spiro atoms. The molecule has 8 heteroatoms. The second-order valence-corrected chi connectivity index (χ2v) is 10.3. The number of aryl methyl sites for hydroxylation is 1. The SMILES string of the molecule is Cc1ccc(S(=O)(=O)N2CCN(C(=O)c3cccc(CS(C)=O)c3)CC2)cc1. The minimum absolute atomic E-state index is 0.129. The van der Waals surface area contributed by atoms with E-state index in [9.17, 15) is 17.4 Å². The number of carbonyl (C=O) groups excluding carboxylic acids is 1. The molecule has 0 aliphatic carbocycles. The molecule has 1 amide bonds. The van der Waals surface area contributed by atoms with Gasteiger partial charge >= 0.3 is 0 Å². The second-order valence-electron chi connectivity index (χ2n) is 6.93. The van der Waals surface area contributed by atoms with Crippen LogP contribution in [0.25, 0.3) is 0 Å². The van der Waals surface area contributed by atoms with Gasteiger partial charge in [0, 0.05) is 54.6 Å². The second kappa shape index (κ2) is 8.55. The number of nitrogens with zero attached hydrogens (tertiary/aromatic N) is 2. The molecule has 2 aromatic rings. The van der Waals surface area contributed by atoms with E-state index in [1.165, 1.54) is 4.31 Å². The Bertz CT molecular complexity index is 980. The normalized spacial score (nSPS) is 16.7. The maximum absolute atomic E-state index is 12.8. The van der Waals surface area contributed by atoms with E-state index in [0.29, 0.717) is 24.4 Å². The van der Waals surface area contributed by atoms with Gasteiger partial charge in [0.15, 0.2) is 0 Å². The van der Waals surface area contributed by atoms with Gasteiger partial charge in [-0.1, -0.05) is 29.8 Å². The number of benzene rings is 2. The molecular weight excluding hydrogens is 396 g/mol. The van der Waals surface area contributed by atoms with E-state index in [1.807, 2.05) is 13.0 Å². The van der Waals surface area contributed by atoms with Crippen LogP contribution in [0.5, 0.6) is 0 Å². The molecule has 150 valence electrons. The zero-order chi connectivity index (χ0) is 20.3. The lowest BCUT2D eigenvalue weighted by Crippen LogP contribution is -2.50. The van der Waals surface area contributed by atoms with Crippen LogP contribution in [0.2, 0.25) is 0 Å². The third-order valence-corrected chi connectivity index (χ3v) is 7.38. The van der Waals surface area contributed by atoms with Gasteiger partial charge in [-0.25, -0.2) is 8.42 Å². The molecule has 0 radical (unpaired) electrons. The van der Waals surface area contributed by atoms with Crippen molar-refractivity contribution in [2.24, 2.45) is 0 Å². The van der Waals surface area contributed by atoms with E-state index in [2.05, 4.69) is 0 Å². The Balaban J connectivity index is 1.67. The van der Waals surface area contributed by atoms with Crippen molar-refractivity contribution in [3.05, 3.63) is 65.2 Å². The van der Waals surface area contributed by atoms with Crippen molar-refractivity contribution in [2.45, 2.75) is 17.6 Å². The highest BCUT2D eigenvalue weighted by Gasteiger charge is 2.30. The highest BCUT2D eigenvalue weighted by atomic mass is 32.2. The zero-order valence-electron chi connectivity index (χ0n) is 16.0. The number of piperazine rings is 1. The molecule has 0 saturated carbocycles. The lowest BCUT2D eigenvalue weighted by molar-refractivity contribution is 0.0698. The van der Waals surface area contributed by atoms with Gasteiger partial charge in [-0.05, 0) is 36.8 Å². The summed E-state index contributed by atoms with van der Waals surface area (Å²) in [4.78, 5) is 14.7. The summed E-state index contributed by atoms with van der Waals surface area (Å²) in [6, 6.07) is 13.9. The van der Waals surface area contributed by atoms with Crippen molar-refractivity contribution in [1.29, 1.82) is 0 Å². The highest BCUT2D eigenvalue weighted by Crippen LogP contribution is 2.19. The highest BCUT2D eigenvalue weighted by molar-refractivity contribution is 7.89. The van der Waals surface area contributed by atoms with Crippen molar-refractivity contribution in [3.63, 3.8) is 0 Å². The van der Waals surface area contributed by atoms with E-state index >= 15 is 0 Å². The summed E-state index contributed by atoms with van der Waals surface area (Å²) >= 11 is 0. The molecule has 6 nitrogen and oxygen atoms in total. The molecule has 1 fully saturated rings. The molecule has 1 heterocycles. The molecule has 0 bridgehead atoms. The quantitative estimate of drug-likeness (QED) is 0.742. The van der Waals surface area contributed by atoms with Crippen molar-refractivity contribution >= 4 is 26.7 Å². The van der Waals surface area contributed by atoms with Gasteiger partial charge in [-0.15, -0.1) is 0 Å². The van der Waals surface area contributed by atoms with E-state index < -0.39 is 20.8 Å². The van der Waals surface area contributed by atoms with Crippen molar-refractivity contribution < 1.29 is 17.4 Å². The minimum Gasteiger partial charge on any atom is -0.336 e. The summed E-state index contributed by atoms with van der Waals surface area (Å²) in [5.41, 5.74) is 2.40. The van der Waals surface area contributed by atoms with Gasteiger partial charge in [-0.2, -0.15) is 4.31 Å². The molecule has 1 saturated heterocycles. The average Bonchev–Trinajstić information content (AvgIpc) is 2.67. The van der Waals surface area contributed by atoms with E-state index in [-0.39, 0.29) is 23.9 Å². The Hall–Kier alpha value is -2.03. The molecule has 28 heavy (non-hydrogen) atoms. The summed E-state index contributed by atoms with van der Waals surface area (Å²) < 4.78 is 38.4. The van der Waals surface area contributed by atoms with Crippen LogP contribution in [0, 0.1) is 6.92 Å². The number of carbonyl (C=O) groups is 1. The van der Waals surface area contributed by atoms with Crippen molar-refractivity contribution in [2.75, 3.05) is 32.4 Å². The third-order valence-electron chi connectivity index (χ3n) is 4.73. The average molecular weight is 421 g/mol. The standard InChI is InChI=1S/C20H24N2O4S2/c1-16-6-8-19(9-7-16)28(25,26)22-12-10-21(11-13-22)20(23)18-5-3-4-17(14-18)15-27(2)24/h3-9,14H,10-13,15H2,1-2H3. The molecule has 3 rings (SSSR count). The molecule has 1 aliphatic rings. The summed E-state index contributed by atoms with van der Waals surface area (Å²) in [6.07, 6.45) is 1.63. The number of rotatable bonds is 5. The van der Waals surface area contributed by atoms with Crippen molar-refractivity contribution in [3.8, 4) is 0 Å². The summed E-state index contributed by atoms with van der Waals surface area (Å²) in [6.45, 7) is 3.12. The fourth-order valence-electron chi connectivity index (χ4n) is 3.20. The molecule has 1 unspecified atom stereocenters. The lowest BCUT2D eigenvalue weighted by Gasteiger charge is -2.34. The van der Waals surface area contributed by atoms with Crippen LogP contribution in [-0.4, -0.2) is 60.2 Å². The van der Waals surface area contributed by atoms with Crippen LogP contribution in [0.1, 0.15) is 21.5 Å². The maximum Gasteiger partial charge on any atom is 0.253 e. The Labute approximate surface area is 168 Å². The van der Waals surface area contributed by atoms with Crippen LogP contribution in [0.3, 0.4) is 0 Å². The van der Waals surface area contributed by atoms with E-state index in [4.69, 9.17) is 0 Å². The molecular formula is C20H24N2O4S2. The summed E-state index contributed by atoms with van der Waals surface area (Å²) in [5, 5.41) is 0. The van der Waals surface area contributed by atoms with Crippen LogP contribution >= 0.6 is 0 Å². The number of hydrogen-bond donors (Lipinski definition) is 0. The zero-order valence-corrected chi connectivity index (χ0v) is 17.6. The smallest absolute Gasteiger partial charge is 0.253 e. The molecule has 0 N–H and O–H groups in total. The van der Waals surface area contributed by atoms with Gasteiger partial charge in [0.25, 0.3) is 5.91 Å². The first-order valence-electron chi connectivity index (χ1n) is 9.02. The van der Waals surface area contributed by atoms with Crippen LogP contribution in [-0.2, 0) is 26.6 Å². The van der Waals surface area contributed by atoms with E-state index in [0.717, 1.165) is 11.1 Å². The number of sulfonamides is 1. The maximum atomic E-state index is 12.8. The predicted octanol–water partition coefficient (Wildman–Crippen LogP) is 2.02. The van der Waals surface area contributed by atoms with Gasteiger partial charge in [0.2, 0.25) is 10.0 Å². The van der Waals surface area contributed by atoms with E-state index in [1.54, 1.807) is 53.6 Å². The number of amides is 1. The van der Waals surface area contributed by atoms with Gasteiger partial charge in [0.05, 0.1) is 4.90 Å². The third kappa shape index (κ3) is 4.68. The van der Waals surface area contributed by atoms with Crippen molar-refractivity contribution in [1.82, 2.24) is 9.21 Å². The molecule has 1 atom stereocenters. The van der Waals surface area contributed by atoms with Gasteiger partial charge < -0.3 is 4.90 Å². The minimum atomic E-state index is -3.55. The lowest BCUT2D eigenvalue weighted by atomic mass is 10.1. The largest absolute Gasteiger partial charge is 0.336 e. The number of hydrogen-bond acceptors (Lipinski definition) is 4. The Kier molecular flexibility index (Phi) is 6.32. The van der Waals surface area contributed by atoms with Gasteiger partial charge in [-0.3, -0.25) is 9.00 Å². The predicted molar refractivity (Wildman–Crippen MR) is 110 cm³/mol. The van der Waals surface area contributed by atoms with Crippen LogP contribution in [0.15, 0.2) is 53.4 Å².